The third-order valence-electron chi connectivity index (χ3n) is 1.41. The van der Waals surface area contributed by atoms with Crippen molar-refractivity contribution in [2.75, 3.05) is 6.26 Å². The summed E-state index contributed by atoms with van der Waals surface area (Å²) in [6.45, 7) is 1.64. The molecule has 0 aliphatic rings. The Morgan fingerprint density at radius 2 is 2.45 bits per heavy atom. The Balaban J connectivity index is 2.79. The number of ketones is 1. The second-order valence-corrected chi connectivity index (χ2v) is 4.16. The first-order chi connectivity index (χ1) is 5.25. The lowest BCUT2D eigenvalue weighted by Gasteiger charge is -2.06. The summed E-state index contributed by atoms with van der Waals surface area (Å²) in [7, 11) is 0. The molecule has 0 fully saturated rings. The van der Waals surface area contributed by atoms with Gasteiger partial charge in [0.25, 0.3) is 0 Å². The second kappa shape index (κ2) is 3.93. The van der Waals surface area contributed by atoms with E-state index in [2.05, 4.69) is 0 Å². The molecule has 11 heavy (non-hydrogen) atoms. The van der Waals surface area contributed by atoms with Crippen molar-refractivity contribution in [3.63, 3.8) is 0 Å². The van der Waals surface area contributed by atoms with Gasteiger partial charge >= 0.3 is 0 Å². The van der Waals surface area contributed by atoms with Crippen molar-refractivity contribution in [2.45, 2.75) is 12.2 Å². The van der Waals surface area contributed by atoms with E-state index >= 15 is 0 Å². The Bertz CT molecular complexity index is 228. The van der Waals surface area contributed by atoms with Crippen LogP contribution in [0.2, 0.25) is 0 Å². The minimum absolute atomic E-state index is 0.0509. The first kappa shape index (κ1) is 8.81. The lowest BCUT2D eigenvalue weighted by Crippen LogP contribution is -2.01. The monoisotopic (exact) mass is 186 g/mol. The van der Waals surface area contributed by atoms with Crippen LogP contribution in [0.4, 0.5) is 0 Å². The zero-order valence-electron chi connectivity index (χ0n) is 6.53. The van der Waals surface area contributed by atoms with Crippen molar-refractivity contribution in [3.05, 3.63) is 22.4 Å². The third kappa shape index (κ3) is 2.07. The van der Waals surface area contributed by atoms with Crippen LogP contribution in [0.1, 0.15) is 17.1 Å². The summed E-state index contributed by atoms with van der Waals surface area (Å²) in [5, 5.41) is 2.05. The fraction of sp³-hybridized carbons (Fsp3) is 0.375. The van der Waals surface area contributed by atoms with E-state index in [0.717, 1.165) is 4.88 Å². The van der Waals surface area contributed by atoms with Crippen LogP contribution in [0.3, 0.4) is 0 Å². The van der Waals surface area contributed by atoms with Gasteiger partial charge in [-0.1, -0.05) is 6.07 Å². The maximum Gasteiger partial charge on any atom is 0.147 e. The molecule has 0 amide bonds. The first-order valence-corrected chi connectivity index (χ1v) is 5.49. The molecule has 1 nitrogen and oxygen atoms in total. The first-order valence-electron chi connectivity index (χ1n) is 3.32. The normalized spacial score (nSPS) is 12.9. The van der Waals surface area contributed by atoms with Crippen LogP contribution in [0, 0.1) is 0 Å². The van der Waals surface area contributed by atoms with Gasteiger partial charge in [0.15, 0.2) is 0 Å². The summed E-state index contributed by atoms with van der Waals surface area (Å²) >= 11 is 3.24. The average molecular weight is 186 g/mol. The van der Waals surface area contributed by atoms with Gasteiger partial charge in [-0.25, -0.2) is 0 Å². The Labute approximate surface area is 74.8 Å². The van der Waals surface area contributed by atoms with E-state index in [1.54, 1.807) is 30.0 Å². The maximum absolute atomic E-state index is 11.1. The van der Waals surface area contributed by atoms with Gasteiger partial charge in [-0.2, -0.15) is 0 Å². The van der Waals surface area contributed by atoms with Gasteiger partial charge in [0, 0.05) is 4.88 Å². The molecule has 3 heteroatoms. The highest BCUT2D eigenvalue weighted by Crippen LogP contribution is 2.30. The summed E-state index contributed by atoms with van der Waals surface area (Å²) in [5.41, 5.74) is 0. The molecule has 0 aliphatic heterocycles. The number of thioether (sulfide) groups is 1. The van der Waals surface area contributed by atoms with Crippen LogP contribution in [0.5, 0.6) is 0 Å². The second-order valence-electron chi connectivity index (χ2n) is 2.24. The SMILES string of the molecule is CSC(C(C)=O)c1cccs1. The molecule has 0 saturated carbocycles. The van der Waals surface area contributed by atoms with Crippen LogP contribution >= 0.6 is 23.1 Å². The minimum Gasteiger partial charge on any atom is -0.298 e. The Hall–Kier alpha value is -0.280. The molecule has 60 valence electrons. The standard InChI is InChI=1S/C8H10OS2/c1-6(9)8(10-2)7-4-3-5-11-7/h3-5,8H,1-2H3. The van der Waals surface area contributed by atoms with Crippen LogP contribution in [0.25, 0.3) is 0 Å². The van der Waals surface area contributed by atoms with E-state index in [-0.39, 0.29) is 11.0 Å². The lowest BCUT2D eigenvalue weighted by molar-refractivity contribution is -0.116. The Kier molecular flexibility index (Phi) is 3.15. The molecule has 0 spiro atoms. The number of carbonyl (C=O) groups is 1. The molecule has 0 aromatic carbocycles. The molecule has 1 aromatic heterocycles. The molecule has 1 heterocycles. The van der Waals surface area contributed by atoms with E-state index in [0.29, 0.717) is 0 Å². The molecule has 1 unspecified atom stereocenters. The number of hydrogen-bond donors (Lipinski definition) is 0. The average Bonchev–Trinajstić information content (AvgIpc) is 2.40. The fourth-order valence-corrected chi connectivity index (χ4v) is 2.78. The van der Waals surface area contributed by atoms with Crippen molar-refractivity contribution >= 4 is 28.9 Å². The van der Waals surface area contributed by atoms with E-state index < -0.39 is 0 Å². The van der Waals surface area contributed by atoms with E-state index in [4.69, 9.17) is 0 Å². The van der Waals surface area contributed by atoms with E-state index in [1.165, 1.54) is 0 Å². The molecule has 0 aliphatic carbocycles. The van der Waals surface area contributed by atoms with E-state index in [9.17, 15) is 4.79 Å². The smallest absolute Gasteiger partial charge is 0.147 e. The highest BCUT2D eigenvalue weighted by atomic mass is 32.2. The molecule has 1 atom stereocenters. The van der Waals surface area contributed by atoms with Crippen LogP contribution in [-0.2, 0) is 4.79 Å². The molecule has 1 rings (SSSR count). The largest absolute Gasteiger partial charge is 0.298 e. The van der Waals surface area contributed by atoms with Gasteiger partial charge < -0.3 is 0 Å². The molecular formula is C8H10OS2. The van der Waals surface area contributed by atoms with Crippen LogP contribution in [0.15, 0.2) is 17.5 Å². The highest BCUT2D eigenvalue weighted by Gasteiger charge is 2.15. The van der Waals surface area contributed by atoms with Gasteiger partial charge in [-0.15, -0.1) is 23.1 Å². The minimum atomic E-state index is 0.0509. The lowest BCUT2D eigenvalue weighted by atomic mass is 10.2. The van der Waals surface area contributed by atoms with Gasteiger partial charge in [0.1, 0.15) is 5.78 Å². The predicted molar refractivity (Wildman–Crippen MR) is 51.3 cm³/mol. The number of carbonyl (C=O) groups excluding carboxylic acids is 1. The topological polar surface area (TPSA) is 17.1 Å². The summed E-state index contributed by atoms with van der Waals surface area (Å²) in [4.78, 5) is 12.2. The van der Waals surface area contributed by atoms with Crippen molar-refractivity contribution in [3.8, 4) is 0 Å². The molecule has 0 bridgehead atoms. The number of hydrogen-bond acceptors (Lipinski definition) is 3. The van der Waals surface area contributed by atoms with E-state index in [1.807, 2.05) is 23.8 Å². The zero-order valence-corrected chi connectivity index (χ0v) is 8.17. The number of rotatable bonds is 3. The van der Waals surface area contributed by atoms with Gasteiger partial charge in [-0.3, -0.25) is 4.79 Å². The summed E-state index contributed by atoms with van der Waals surface area (Å²) in [6.07, 6.45) is 1.96. The molecular weight excluding hydrogens is 176 g/mol. The van der Waals surface area contributed by atoms with Crippen molar-refractivity contribution in [2.24, 2.45) is 0 Å². The third-order valence-corrected chi connectivity index (χ3v) is 3.55. The summed E-state index contributed by atoms with van der Waals surface area (Å²) in [5.74, 6) is 0.236. The Morgan fingerprint density at radius 3 is 2.82 bits per heavy atom. The van der Waals surface area contributed by atoms with Crippen LogP contribution in [-0.4, -0.2) is 12.0 Å². The van der Waals surface area contributed by atoms with Crippen molar-refractivity contribution in [1.82, 2.24) is 0 Å². The van der Waals surface area contributed by atoms with Crippen molar-refractivity contribution in [1.29, 1.82) is 0 Å². The number of Topliss-reactive ketones (excluding diaryl/α,β-unsaturated/α-hetero) is 1. The molecule has 1 aromatic rings. The quantitative estimate of drug-likeness (QED) is 0.722. The maximum atomic E-state index is 11.1. The Morgan fingerprint density at radius 1 is 1.73 bits per heavy atom. The van der Waals surface area contributed by atoms with Crippen LogP contribution < -0.4 is 0 Å². The summed E-state index contributed by atoms with van der Waals surface area (Å²) in [6, 6.07) is 3.99. The fourth-order valence-electron chi connectivity index (χ4n) is 0.923. The van der Waals surface area contributed by atoms with Gasteiger partial charge in [-0.05, 0) is 24.6 Å². The highest BCUT2D eigenvalue weighted by molar-refractivity contribution is 7.99. The zero-order chi connectivity index (χ0) is 8.27. The predicted octanol–water partition coefficient (Wildman–Crippen LogP) is 2.74. The summed E-state index contributed by atoms with van der Waals surface area (Å²) < 4.78 is 0. The molecule has 0 saturated heterocycles. The molecule has 0 N–H and O–H groups in total. The van der Waals surface area contributed by atoms with Gasteiger partial charge in [0.05, 0.1) is 5.25 Å². The van der Waals surface area contributed by atoms with Crippen molar-refractivity contribution < 1.29 is 4.79 Å². The number of thiophene rings is 1. The molecule has 0 radical (unpaired) electrons. The van der Waals surface area contributed by atoms with Gasteiger partial charge in [0.2, 0.25) is 0 Å².